The van der Waals surface area contributed by atoms with Crippen LogP contribution in [-0.4, -0.2) is 23.4 Å². The molecule has 3 rings (SSSR count). The van der Waals surface area contributed by atoms with Gasteiger partial charge >= 0.3 is 12.2 Å². The second kappa shape index (κ2) is 7.57. The van der Waals surface area contributed by atoms with Crippen LogP contribution in [0.2, 0.25) is 0 Å². The fourth-order valence-electron chi connectivity index (χ4n) is 3.39. The van der Waals surface area contributed by atoms with Gasteiger partial charge < -0.3 is 0 Å². The summed E-state index contributed by atoms with van der Waals surface area (Å²) in [6.07, 6.45) is -4.82. The Bertz CT molecular complexity index is 1110. The Labute approximate surface area is 171 Å². The molecule has 1 atom stereocenters. The topological polar surface area (TPSA) is 64.4 Å². The molecule has 30 heavy (non-hydrogen) atoms. The van der Waals surface area contributed by atoms with Crippen molar-refractivity contribution < 1.29 is 22.8 Å². The van der Waals surface area contributed by atoms with Gasteiger partial charge in [-0.3, -0.25) is 9.69 Å². The van der Waals surface area contributed by atoms with Crippen LogP contribution in [0.1, 0.15) is 30.5 Å². The van der Waals surface area contributed by atoms with E-state index in [1.54, 1.807) is 37.3 Å². The van der Waals surface area contributed by atoms with Crippen molar-refractivity contribution in [2.75, 3.05) is 11.4 Å². The lowest BCUT2D eigenvalue weighted by Gasteiger charge is -2.30. The Morgan fingerprint density at radius 1 is 1.10 bits per heavy atom. The average molecular weight is 411 g/mol. The van der Waals surface area contributed by atoms with E-state index in [-0.39, 0.29) is 12.2 Å². The highest BCUT2D eigenvalue weighted by Gasteiger charge is 2.55. The first-order valence-corrected chi connectivity index (χ1v) is 8.89. The number of hydrogen-bond acceptors (Lipinski definition) is 3. The molecule has 2 aromatic carbocycles. The quantitative estimate of drug-likeness (QED) is 0.559. The number of amides is 3. The van der Waals surface area contributed by atoms with Gasteiger partial charge in [-0.25, -0.2) is 9.69 Å². The fraction of sp³-hybridized carbons (Fsp3) is 0.227. The van der Waals surface area contributed by atoms with Crippen molar-refractivity contribution in [3.05, 3.63) is 65.2 Å². The zero-order valence-electron chi connectivity index (χ0n) is 16.1. The number of halogens is 3. The SMILES string of the molecule is CC#CCN1C(=O)N(c2ccc(C#N)c(C(F)(F)F)c2)C(=O)C1(C)c1ccccc1. The molecule has 1 fully saturated rings. The first-order chi connectivity index (χ1) is 14.2. The summed E-state index contributed by atoms with van der Waals surface area (Å²) < 4.78 is 40.2. The first-order valence-electron chi connectivity index (χ1n) is 8.89. The predicted octanol–water partition coefficient (Wildman–Crippen LogP) is 4.28. The second-order valence-electron chi connectivity index (χ2n) is 6.71. The monoisotopic (exact) mass is 411 g/mol. The highest BCUT2D eigenvalue weighted by Crippen LogP contribution is 2.41. The van der Waals surface area contributed by atoms with E-state index in [0.717, 1.165) is 12.1 Å². The number of urea groups is 1. The summed E-state index contributed by atoms with van der Waals surface area (Å²) in [5.41, 5.74) is -3.01. The van der Waals surface area contributed by atoms with E-state index in [1.807, 2.05) is 0 Å². The van der Waals surface area contributed by atoms with Crippen LogP contribution in [0, 0.1) is 23.2 Å². The van der Waals surface area contributed by atoms with Crippen molar-refractivity contribution >= 4 is 17.6 Å². The van der Waals surface area contributed by atoms with Gasteiger partial charge in [-0.2, -0.15) is 18.4 Å². The molecule has 1 aliphatic heterocycles. The summed E-state index contributed by atoms with van der Waals surface area (Å²) in [5, 5.41) is 8.99. The molecule has 0 saturated carbocycles. The molecule has 0 aliphatic carbocycles. The molecule has 0 N–H and O–H groups in total. The Morgan fingerprint density at radius 2 is 1.77 bits per heavy atom. The first kappa shape index (κ1) is 20.9. The maximum atomic E-state index is 13.4. The van der Waals surface area contributed by atoms with Gasteiger partial charge in [0.25, 0.3) is 5.91 Å². The van der Waals surface area contributed by atoms with E-state index in [4.69, 9.17) is 5.26 Å². The van der Waals surface area contributed by atoms with Gasteiger partial charge in [-0.05, 0) is 37.6 Å². The maximum Gasteiger partial charge on any atom is 0.417 e. The molecule has 8 heteroatoms. The summed E-state index contributed by atoms with van der Waals surface area (Å²) in [6.45, 7) is 3.04. The average Bonchev–Trinajstić information content (AvgIpc) is 2.92. The largest absolute Gasteiger partial charge is 0.417 e. The van der Waals surface area contributed by atoms with Crippen molar-refractivity contribution in [2.45, 2.75) is 25.6 Å². The van der Waals surface area contributed by atoms with Crippen molar-refractivity contribution in [1.82, 2.24) is 4.90 Å². The standard InChI is InChI=1S/C22H16F3N3O2/c1-3-4-12-27-20(30)28(19(29)21(27,2)16-8-6-5-7-9-16)17-11-10-15(14-26)18(13-17)22(23,24)25/h5-11,13H,12H2,1-2H3. The number of hydrogen-bond donors (Lipinski definition) is 0. The minimum Gasteiger partial charge on any atom is -0.294 e. The molecule has 5 nitrogen and oxygen atoms in total. The van der Waals surface area contributed by atoms with E-state index >= 15 is 0 Å². The molecule has 1 heterocycles. The number of carbonyl (C=O) groups is 2. The zero-order chi connectivity index (χ0) is 22.1. The van der Waals surface area contributed by atoms with Crippen LogP contribution in [0.4, 0.5) is 23.7 Å². The minimum absolute atomic E-state index is 0.0780. The molecule has 3 amide bonds. The van der Waals surface area contributed by atoms with Gasteiger partial charge in [-0.15, -0.1) is 5.92 Å². The zero-order valence-corrected chi connectivity index (χ0v) is 16.1. The van der Waals surface area contributed by atoms with Crippen LogP contribution in [0.5, 0.6) is 0 Å². The fourth-order valence-corrected chi connectivity index (χ4v) is 3.39. The van der Waals surface area contributed by atoms with Crippen LogP contribution in [-0.2, 0) is 16.5 Å². The van der Waals surface area contributed by atoms with E-state index in [0.29, 0.717) is 16.5 Å². The lowest BCUT2D eigenvalue weighted by Crippen LogP contribution is -2.44. The maximum absolute atomic E-state index is 13.4. The molecule has 2 aromatic rings. The third kappa shape index (κ3) is 3.27. The molecular weight excluding hydrogens is 395 g/mol. The predicted molar refractivity (Wildman–Crippen MR) is 103 cm³/mol. The van der Waals surface area contributed by atoms with Crippen LogP contribution >= 0.6 is 0 Å². The summed E-state index contributed by atoms with van der Waals surface area (Å²) in [4.78, 5) is 28.5. The molecule has 0 aromatic heterocycles. The van der Waals surface area contributed by atoms with Gasteiger partial charge in [0.1, 0.15) is 5.54 Å². The van der Waals surface area contributed by atoms with E-state index in [9.17, 15) is 22.8 Å². The van der Waals surface area contributed by atoms with Crippen LogP contribution in [0.3, 0.4) is 0 Å². The van der Waals surface area contributed by atoms with Gasteiger partial charge in [-0.1, -0.05) is 36.3 Å². The number of carbonyl (C=O) groups excluding carboxylic acids is 2. The van der Waals surface area contributed by atoms with Gasteiger partial charge in [0, 0.05) is 0 Å². The molecule has 0 spiro atoms. The Kier molecular flexibility index (Phi) is 5.28. The normalized spacial score (nSPS) is 18.8. The third-order valence-corrected chi connectivity index (χ3v) is 5.02. The highest BCUT2D eigenvalue weighted by atomic mass is 19.4. The molecule has 0 radical (unpaired) electrons. The van der Waals surface area contributed by atoms with Gasteiger partial charge in [0.15, 0.2) is 0 Å². The number of anilines is 1. The Hall–Kier alpha value is -3.78. The van der Waals surface area contributed by atoms with Gasteiger partial charge in [0.05, 0.1) is 29.4 Å². The van der Waals surface area contributed by atoms with Crippen LogP contribution in [0.15, 0.2) is 48.5 Å². The van der Waals surface area contributed by atoms with Crippen molar-refractivity contribution in [3.8, 4) is 17.9 Å². The highest BCUT2D eigenvalue weighted by molar-refractivity contribution is 6.23. The lowest BCUT2D eigenvalue weighted by atomic mass is 9.90. The van der Waals surface area contributed by atoms with Crippen molar-refractivity contribution in [3.63, 3.8) is 0 Å². The molecule has 1 saturated heterocycles. The summed E-state index contributed by atoms with van der Waals surface area (Å²) in [5.74, 6) is 4.70. The molecule has 1 aliphatic rings. The lowest BCUT2D eigenvalue weighted by molar-refractivity contribution is -0.137. The van der Waals surface area contributed by atoms with E-state index < -0.39 is 34.8 Å². The van der Waals surface area contributed by atoms with Crippen LogP contribution < -0.4 is 4.90 Å². The third-order valence-electron chi connectivity index (χ3n) is 5.02. The second-order valence-corrected chi connectivity index (χ2v) is 6.71. The Balaban J connectivity index is 2.18. The van der Waals surface area contributed by atoms with Crippen molar-refractivity contribution in [2.24, 2.45) is 0 Å². The van der Waals surface area contributed by atoms with Crippen LogP contribution in [0.25, 0.3) is 0 Å². The number of nitriles is 1. The summed E-state index contributed by atoms with van der Waals surface area (Å²) >= 11 is 0. The number of rotatable bonds is 3. The minimum atomic E-state index is -4.82. The Morgan fingerprint density at radius 3 is 2.33 bits per heavy atom. The smallest absolute Gasteiger partial charge is 0.294 e. The number of nitrogens with zero attached hydrogens (tertiary/aromatic N) is 3. The number of benzene rings is 2. The molecule has 152 valence electrons. The molecular formula is C22H16F3N3O2. The van der Waals surface area contributed by atoms with Gasteiger partial charge in [0.2, 0.25) is 0 Å². The number of alkyl halides is 3. The van der Waals surface area contributed by atoms with E-state index in [2.05, 4.69) is 11.8 Å². The summed E-state index contributed by atoms with van der Waals surface area (Å²) in [7, 11) is 0. The summed E-state index contributed by atoms with van der Waals surface area (Å²) in [6, 6.07) is 11.9. The number of imide groups is 1. The van der Waals surface area contributed by atoms with E-state index in [1.165, 1.54) is 17.9 Å². The molecule has 1 unspecified atom stereocenters. The molecule has 0 bridgehead atoms. The van der Waals surface area contributed by atoms with Crippen molar-refractivity contribution in [1.29, 1.82) is 5.26 Å².